The van der Waals surface area contributed by atoms with Gasteiger partial charge in [-0.2, -0.15) is 0 Å². The molecule has 1 aliphatic heterocycles. The normalized spacial score (nSPS) is 19.1. The first-order valence-electron chi connectivity index (χ1n) is 33.1. The summed E-state index contributed by atoms with van der Waals surface area (Å²) in [6, 6.07) is -1.02. The van der Waals surface area contributed by atoms with Gasteiger partial charge in [0.25, 0.3) is 0 Å². The molecule has 0 saturated carbocycles. The maximum Gasteiger partial charge on any atom is 0.306 e. The van der Waals surface area contributed by atoms with Gasteiger partial charge < -0.3 is 45.1 Å². The van der Waals surface area contributed by atoms with Gasteiger partial charge in [-0.3, -0.25) is 9.59 Å². The lowest BCUT2D eigenvalue weighted by molar-refractivity contribution is -0.305. The number of hydrogen-bond donors (Lipinski definition) is 6. The fourth-order valence-electron chi connectivity index (χ4n) is 10.6. The summed E-state index contributed by atoms with van der Waals surface area (Å²) in [7, 11) is 0. The first-order chi connectivity index (χ1) is 37.7. The average Bonchev–Trinajstić information content (AvgIpc) is 3.43. The molecule has 8 atom stereocenters. The van der Waals surface area contributed by atoms with Crippen LogP contribution in [0, 0.1) is 0 Å². The Hall–Kier alpha value is -1.86. The van der Waals surface area contributed by atoms with E-state index in [-0.39, 0.29) is 13.0 Å². The van der Waals surface area contributed by atoms with Crippen LogP contribution in [0.1, 0.15) is 323 Å². The molecule has 1 fully saturated rings. The third-order valence-electron chi connectivity index (χ3n) is 15.9. The molecule has 77 heavy (non-hydrogen) atoms. The zero-order valence-electron chi connectivity index (χ0n) is 50.4. The fourth-order valence-corrected chi connectivity index (χ4v) is 10.6. The number of allylic oxidation sites excluding steroid dienone is 3. The van der Waals surface area contributed by atoms with Crippen LogP contribution in [0.4, 0.5) is 0 Å². The number of carbonyl (C=O) groups excluding carboxylic acids is 2. The second-order valence-corrected chi connectivity index (χ2v) is 23.2. The molecule has 454 valence electrons. The zero-order valence-corrected chi connectivity index (χ0v) is 50.4. The molecule has 0 radical (unpaired) electrons. The molecule has 1 aliphatic rings. The van der Waals surface area contributed by atoms with E-state index in [1.165, 1.54) is 218 Å². The number of nitrogens with one attached hydrogen (secondary N) is 1. The number of carbonyl (C=O) groups is 2. The van der Waals surface area contributed by atoms with Crippen LogP contribution in [0.15, 0.2) is 24.3 Å². The van der Waals surface area contributed by atoms with Crippen molar-refractivity contribution in [3.8, 4) is 0 Å². The zero-order chi connectivity index (χ0) is 56.1. The van der Waals surface area contributed by atoms with Gasteiger partial charge in [0, 0.05) is 6.42 Å². The molecular weight excluding hydrogens is 967 g/mol. The van der Waals surface area contributed by atoms with E-state index in [4.69, 9.17) is 14.2 Å². The Labute approximate surface area is 473 Å². The predicted octanol–water partition coefficient (Wildman–Crippen LogP) is 16.1. The minimum absolute atomic E-state index is 0.127. The molecular formula is C66H125NO10. The summed E-state index contributed by atoms with van der Waals surface area (Å²) in [6.45, 7) is 5.83. The van der Waals surface area contributed by atoms with E-state index in [1.54, 1.807) is 6.08 Å². The monoisotopic (exact) mass is 1090 g/mol. The van der Waals surface area contributed by atoms with Crippen LogP contribution in [-0.4, -0.2) is 99.6 Å². The highest BCUT2D eigenvalue weighted by Gasteiger charge is 2.47. The summed E-state index contributed by atoms with van der Waals surface area (Å²) in [5.74, 6) is -1.18. The summed E-state index contributed by atoms with van der Waals surface area (Å²) in [5.41, 5.74) is 0. The molecule has 11 nitrogen and oxygen atoms in total. The number of aliphatic hydroxyl groups is 5. The summed E-state index contributed by atoms with van der Waals surface area (Å²) in [6.07, 6.45) is 53.6. The van der Waals surface area contributed by atoms with Crippen molar-refractivity contribution >= 4 is 11.9 Å². The largest absolute Gasteiger partial charge is 0.454 e. The first kappa shape index (κ1) is 73.2. The second kappa shape index (κ2) is 54.7. The Bertz CT molecular complexity index is 1350. The van der Waals surface area contributed by atoms with E-state index >= 15 is 0 Å². The van der Waals surface area contributed by atoms with Gasteiger partial charge in [0.15, 0.2) is 12.4 Å². The molecule has 11 heteroatoms. The maximum atomic E-state index is 13.4. The van der Waals surface area contributed by atoms with Crippen LogP contribution >= 0.6 is 0 Å². The van der Waals surface area contributed by atoms with Gasteiger partial charge in [-0.1, -0.05) is 289 Å². The Balaban J connectivity index is 2.62. The van der Waals surface area contributed by atoms with Gasteiger partial charge in [0.1, 0.15) is 24.4 Å². The standard InChI is InChI=1S/C66H125NO10/c1-4-7-10-13-16-19-22-25-27-28-29-30-31-32-33-36-39-42-45-48-51-54-61(71)77-64-63(73)62(72)60(55-68)76-66(64)75-56-57(58(69)52-49-46-43-40-37-34-24-21-18-15-12-9-6-3)67-65(74)59(70)53-50-47-44-41-38-35-26-23-20-17-14-11-8-5-2/h25,27,49,52,57-60,62-64,66,68-70,72-73H,4-24,26,28-48,50-51,53-56H2,1-3H3,(H,67,74)/b27-25+,52-49+. The van der Waals surface area contributed by atoms with E-state index in [2.05, 4.69) is 38.2 Å². The van der Waals surface area contributed by atoms with Crippen LogP contribution in [0.5, 0.6) is 0 Å². The summed E-state index contributed by atoms with van der Waals surface area (Å²) in [4.78, 5) is 26.6. The lowest BCUT2D eigenvalue weighted by Gasteiger charge is -2.41. The Morgan fingerprint density at radius 1 is 0.494 bits per heavy atom. The number of esters is 1. The molecule has 0 spiro atoms. The van der Waals surface area contributed by atoms with Crippen molar-refractivity contribution in [1.29, 1.82) is 0 Å². The quantitative estimate of drug-likeness (QED) is 0.0195. The summed E-state index contributed by atoms with van der Waals surface area (Å²) < 4.78 is 17.7. The summed E-state index contributed by atoms with van der Waals surface area (Å²) in [5, 5.41) is 57.1. The molecule has 1 heterocycles. The smallest absolute Gasteiger partial charge is 0.306 e. The van der Waals surface area contributed by atoms with Gasteiger partial charge in [-0.05, 0) is 51.4 Å². The lowest BCUT2D eigenvalue weighted by Crippen LogP contribution is -2.61. The predicted molar refractivity (Wildman–Crippen MR) is 320 cm³/mol. The molecule has 1 amide bonds. The molecule has 0 aromatic rings. The van der Waals surface area contributed by atoms with Crippen molar-refractivity contribution in [3.05, 3.63) is 24.3 Å². The minimum atomic E-state index is -1.61. The van der Waals surface area contributed by atoms with Crippen molar-refractivity contribution in [1.82, 2.24) is 5.32 Å². The van der Waals surface area contributed by atoms with Crippen LogP contribution in [0.2, 0.25) is 0 Å². The van der Waals surface area contributed by atoms with E-state index < -0.39 is 67.4 Å². The van der Waals surface area contributed by atoms with Gasteiger partial charge in [-0.15, -0.1) is 0 Å². The number of amides is 1. The highest BCUT2D eigenvalue weighted by molar-refractivity contribution is 5.80. The maximum absolute atomic E-state index is 13.4. The van der Waals surface area contributed by atoms with Gasteiger partial charge in [0.05, 0.1) is 25.4 Å². The molecule has 0 aromatic heterocycles. The van der Waals surface area contributed by atoms with Crippen molar-refractivity contribution in [3.63, 3.8) is 0 Å². The minimum Gasteiger partial charge on any atom is -0.454 e. The van der Waals surface area contributed by atoms with Crippen LogP contribution in [0.25, 0.3) is 0 Å². The lowest BCUT2D eigenvalue weighted by atomic mass is 9.99. The number of ether oxygens (including phenoxy) is 3. The fraction of sp³-hybridized carbons (Fsp3) is 0.909. The van der Waals surface area contributed by atoms with E-state index in [0.717, 1.165) is 57.8 Å². The number of hydrogen-bond acceptors (Lipinski definition) is 10. The van der Waals surface area contributed by atoms with Gasteiger partial charge >= 0.3 is 5.97 Å². The summed E-state index contributed by atoms with van der Waals surface area (Å²) >= 11 is 0. The van der Waals surface area contributed by atoms with E-state index in [0.29, 0.717) is 19.3 Å². The molecule has 6 N–H and O–H groups in total. The van der Waals surface area contributed by atoms with Crippen LogP contribution < -0.4 is 5.32 Å². The Morgan fingerprint density at radius 3 is 1.26 bits per heavy atom. The number of unbranched alkanes of at least 4 members (excludes halogenated alkanes) is 41. The Kier molecular flexibility index (Phi) is 52.0. The average molecular weight is 1090 g/mol. The highest BCUT2D eigenvalue weighted by Crippen LogP contribution is 2.26. The van der Waals surface area contributed by atoms with E-state index in [9.17, 15) is 35.1 Å². The van der Waals surface area contributed by atoms with Crippen molar-refractivity contribution in [2.45, 2.75) is 372 Å². The molecule has 8 unspecified atom stereocenters. The first-order valence-corrected chi connectivity index (χ1v) is 33.1. The molecule has 0 aliphatic carbocycles. The van der Waals surface area contributed by atoms with Crippen LogP contribution in [0.3, 0.4) is 0 Å². The SMILES string of the molecule is CCCCCCCC/C=C/CCCCCCCCCCCCCC(=O)OC1C(OCC(NC(=O)C(O)CCCCCCCCCCCCCCCC)C(O)/C=C/CCCCCCCCCCCCC)OC(CO)C(O)C1O. The Morgan fingerprint density at radius 2 is 0.857 bits per heavy atom. The van der Waals surface area contributed by atoms with E-state index in [1.807, 2.05) is 6.08 Å². The van der Waals surface area contributed by atoms with Gasteiger partial charge in [0.2, 0.25) is 5.91 Å². The second-order valence-electron chi connectivity index (χ2n) is 23.2. The van der Waals surface area contributed by atoms with Crippen LogP contribution in [-0.2, 0) is 23.8 Å². The third kappa shape index (κ3) is 42.6. The van der Waals surface area contributed by atoms with Crippen molar-refractivity contribution < 1.29 is 49.3 Å². The third-order valence-corrected chi connectivity index (χ3v) is 15.9. The van der Waals surface area contributed by atoms with Crippen molar-refractivity contribution in [2.75, 3.05) is 13.2 Å². The molecule has 1 saturated heterocycles. The number of rotatable bonds is 57. The van der Waals surface area contributed by atoms with Gasteiger partial charge in [-0.25, -0.2) is 0 Å². The highest BCUT2D eigenvalue weighted by atomic mass is 16.7. The topological polar surface area (TPSA) is 175 Å². The molecule has 0 bridgehead atoms. The molecule has 0 aromatic carbocycles. The number of aliphatic hydroxyl groups excluding tert-OH is 5. The molecule has 1 rings (SSSR count). The van der Waals surface area contributed by atoms with Crippen molar-refractivity contribution in [2.24, 2.45) is 0 Å².